The molecule has 1 saturated heterocycles. The monoisotopic (exact) mass is 408 g/mol. The fraction of sp³-hybridized carbons (Fsp3) is 0.520. The van der Waals surface area contributed by atoms with Crippen molar-refractivity contribution in [3.05, 3.63) is 52.9 Å². The van der Waals surface area contributed by atoms with E-state index in [9.17, 15) is 4.79 Å². The van der Waals surface area contributed by atoms with Crippen molar-refractivity contribution in [3.63, 3.8) is 0 Å². The second kappa shape index (κ2) is 8.76. The standard InChI is InChI=1S/C25H33N3O2/c1-18-16-24(27-30-18)25(29)26-23-12-11-21(17-22(23)20-8-5-4-6-9-20)19-10-7-14-28(2,3)15-13-19/h8,11-12,16-17,19H,4-7,9-10,13-15H2,1-3H3/p+1. The van der Waals surface area contributed by atoms with Gasteiger partial charge in [-0.25, -0.2) is 0 Å². The quantitative estimate of drug-likeness (QED) is 0.676. The van der Waals surface area contributed by atoms with Crippen LogP contribution >= 0.6 is 0 Å². The van der Waals surface area contributed by atoms with Gasteiger partial charge < -0.3 is 14.3 Å². The third kappa shape index (κ3) is 4.84. The van der Waals surface area contributed by atoms with E-state index in [0.717, 1.165) is 23.0 Å². The lowest BCUT2D eigenvalue weighted by atomic mass is 9.86. The number of carbonyl (C=O) groups is 1. The molecule has 160 valence electrons. The number of carbonyl (C=O) groups excluding carboxylic acids is 1. The normalized spacial score (nSPS) is 21.6. The van der Waals surface area contributed by atoms with Crippen LogP contribution in [0.5, 0.6) is 0 Å². The fourth-order valence-corrected chi connectivity index (χ4v) is 4.79. The molecule has 1 unspecified atom stereocenters. The highest BCUT2D eigenvalue weighted by atomic mass is 16.5. The first kappa shape index (κ1) is 20.9. The number of aromatic nitrogens is 1. The smallest absolute Gasteiger partial charge is 0.277 e. The largest absolute Gasteiger partial charge is 0.361 e. The number of quaternary nitrogens is 1. The SMILES string of the molecule is Cc1cc(C(=O)Nc2ccc(C3CCC[N+](C)(C)CC3)cc2C2=CCCCC2)no1. The molecule has 1 aromatic carbocycles. The molecule has 0 spiro atoms. The molecule has 1 atom stereocenters. The number of nitrogens with one attached hydrogen (secondary N) is 1. The lowest BCUT2D eigenvalue weighted by Gasteiger charge is -2.28. The summed E-state index contributed by atoms with van der Waals surface area (Å²) in [6.45, 7) is 4.26. The molecule has 5 heteroatoms. The van der Waals surface area contributed by atoms with Crippen LogP contribution in [-0.4, -0.2) is 42.7 Å². The van der Waals surface area contributed by atoms with Crippen molar-refractivity contribution in [3.8, 4) is 0 Å². The van der Waals surface area contributed by atoms with Gasteiger partial charge in [0, 0.05) is 23.7 Å². The molecule has 1 aliphatic carbocycles. The van der Waals surface area contributed by atoms with E-state index in [1.165, 1.54) is 61.9 Å². The number of anilines is 1. The first-order valence-electron chi connectivity index (χ1n) is 11.3. The average Bonchev–Trinajstić information content (AvgIpc) is 3.09. The molecule has 1 aromatic heterocycles. The number of likely N-dealkylation sites (tertiary alicyclic amines) is 1. The van der Waals surface area contributed by atoms with Crippen LogP contribution in [0, 0.1) is 6.92 Å². The number of nitrogens with zero attached hydrogens (tertiary/aromatic N) is 2. The molecule has 5 nitrogen and oxygen atoms in total. The van der Waals surface area contributed by atoms with Crippen molar-refractivity contribution in [2.24, 2.45) is 0 Å². The fourth-order valence-electron chi connectivity index (χ4n) is 4.79. The van der Waals surface area contributed by atoms with Gasteiger partial charge in [0.05, 0.1) is 27.2 Å². The van der Waals surface area contributed by atoms with Crippen LogP contribution in [0.4, 0.5) is 5.69 Å². The van der Waals surface area contributed by atoms with Crippen molar-refractivity contribution in [1.82, 2.24) is 5.16 Å². The molecule has 2 heterocycles. The van der Waals surface area contributed by atoms with Crippen LogP contribution in [0.3, 0.4) is 0 Å². The Balaban J connectivity index is 1.63. The van der Waals surface area contributed by atoms with Gasteiger partial charge in [0.2, 0.25) is 0 Å². The third-order valence-electron chi connectivity index (χ3n) is 6.66. The minimum Gasteiger partial charge on any atom is -0.361 e. The highest BCUT2D eigenvalue weighted by molar-refractivity contribution is 6.04. The summed E-state index contributed by atoms with van der Waals surface area (Å²) in [4.78, 5) is 12.7. The first-order chi connectivity index (χ1) is 14.4. The molecule has 0 radical (unpaired) electrons. The van der Waals surface area contributed by atoms with E-state index in [0.29, 0.717) is 17.4 Å². The molecule has 1 N–H and O–H groups in total. The van der Waals surface area contributed by atoms with Crippen molar-refractivity contribution >= 4 is 17.2 Å². The number of amides is 1. The van der Waals surface area contributed by atoms with Gasteiger partial charge in [-0.05, 0) is 74.6 Å². The van der Waals surface area contributed by atoms with E-state index in [2.05, 4.69) is 48.8 Å². The highest BCUT2D eigenvalue weighted by Crippen LogP contribution is 2.37. The molecule has 0 bridgehead atoms. The van der Waals surface area contributed by atoms with E-state index in [-0.39, 0.29) is 5.91 Å². The maximum atomic E-state index is 12.7. The molecule has 4 rings (SSSR count). The molecule has 1 aliphatic heterocycles. The number of aryl methyl sites for hydroxylation is 1. The summed E-state index contributed by atoms with van der Waals surface area (Å²) in [5, 5.41) is 6.95. The minimum atomic E-state index is -0.217. The van der Waals surface area contributed by atoms with Crippen LogP contribution in [0.2, 0.25) is 0 Å². The molecule has 1 amide bonds. The van der Waals surface area contributed by atoms with E-state index in [1.807, 2.05) is 0 Å². The Hall–Kier alpha value is -2.40. The van der Waals surface area contributed by atoms with Crippen LogP contribution in [0.1, 0.15) is 78.2 Å². The molecule has 1 fully saturated rings. The predicted molar refractivity (Wildman–Crippen MR) is 121 cm³/mol. The molecular weight excluding hydrogens is 374 g/mol. The number of allylic oxidation sites excluding steroid dienone is 2. The zero-order valence-corrected chi connectivity index (χ0v) is 18.5. The highest BCUT2D eigenvalue weighted by Gasteiger charge is 2.25. The van der Waals surface area contributed by atoms with Gasteiger partial charge in [0.15, 0.2) is 5.69 Å². The van der Waals surface area contributed by atoms with Crippen molar-refractivity contribution in [1.29, 1.82) is 0 Å². The lowest BCUT2D eigenvalue weighted by molar-refractivity contribution is -0.889. The van der Waals surface area contributed by atoms with Crippen molar-refractivity contribution in [2.45, 2.75) is 57.8 Å². The Morgan fingerprint density at radius 1 is 1.13 bits per heavy atom. The van der Waals surface area contributed by atoms with Crippen molar-refractivity contribution < 1.29 is 13.8 Å². The summed E-state index contributed by atoms with van der Waals surface area (Å²) in [6, 6.07) is 8.33. The summed E-state index contributed by atoms with van der Waals surface area (Å²) in [6.07, 6.45) is 10.7. The second-order valence-electron chi connectivity index (χ2n) is 9.57. The van der Waals surface area contributed by atoms with Gasteiger partial charge in [0.25, 0.3) is 5.91 Å². The van der Waals surface area contributed by atoms with Gasteiger partial charge in [-0.1, -0.05) is 17.3 Å². The number of hydrogen-bond acceptors (Lipinski definition) is 3. The zero-order valence-electron chi connectivity index (χ0n) is 18.5. The summed E-state index contributed by atoms with van der Waals surface area (Å²) in [5.41, 5.74) is 5.15. The molecule has 30 heavy (non-hydrogen) atoms. The first-order valence-corrected chi connectivity index (χ1v) is 11.3. The molecule has 2 aromatic rings. The van der Waals surface area contributed by atoms with Crippen LogP contribution in [0.25, 0.3) is 5.57 Å². The average molecular weight is 409 g/mol. The third-order valence-corrected chi connectivity index (χ3v) is 6.66. The summed E-state index contributed by atoms with van der Waals surface area (Å²) in [5.74, 6) is 1.02. The summed E-state index contributed by atoms with van der Waals surface area (Å²) in [7, 11) is 4.68. The Bertz CT molecular complexity index is 942. The maximum absolute atomic E-state index is 12.7. The van der Waals surface area contributed by atoms with E-state index < -0.39 is 0 Å². The van der Waals surface area contributed by atoms with Gasteiger partial charge in [0.1, 0.15) is 5.76 Å². The van der Waals surface area contributed by atoms with Crippen LogP contribution < -0.4 is 5.32 Å². The summed E-state index contributed by atoms with van der Waals surface area (Å²) >= 11 is 0. The minimum absolute atomic E-state index is 0.217. The molecule has 2 aliphatic rings. The Kier molecular flexibility index (Phi) is 6.09. The Labute approximate surface area is 179 Å². The number of hydrogen-bond donors (Lipinski definition) is 1. The Morgan fingerprint density at radius 2 is 2.00 bits per heavy atom. The van der Waals surface area contributed by atoms with Gasteiger partial charge in [-0.15, -0.1) is 0 Å². The van der Waals surface area contributed by atoms with Gasteiger partial charge >= 0.3 is 0 Å². The second-order valence-corrected chi connectivity index (χ2v) is 9.57. The maximum Gasteiger partial charge on any atom is 0.277 e. The number of benzene rings is 1. The van der Waals surface area contributed by atoms with Gasteiger partial charge in [-0.3, -0.25) is 4.79 Å². The Morgan fingerprint density at radius 3 is 2.73 bits per heavy atom. The summed E-state index contributed by atoms with van der Waals surface area (Å²) < 4.78 is 6.18. The van der Waals surface area contributed by atoms with E-state index >= 15 is 0 Å². The predicted octanol–water partition coefficient (Wildman–Crippen LogP) is 5.54. The van der Waals surface area contributed by atoms with E-state index in [4.69, 9.17) is 4.52 Å². The molecular formula is C25H34N3O2+. The van der Waals surface area contributed by atoms with E-state index in [1.54, 1.807) is 13.0 Å². The zero-order chi connectivity index (χ0) is 21.1. The molecule has 0 saturated carbocycles. The lowest BCUT2D eigenvalue weighted by Crippen LogP contribution is -2.40. The topological polar surface area (TPSA) is 55.1 Å². The van der Waals surface area contributed by atoms with Crippen molar-refractivity contribution in [2.75, 3.05) is 32.5 Å². The van der Waals surface area contributed by atoms with Crippen LogP contribution in [-0.2, 0) is 0 Å². The van der Waals surface area contributed by atoms with Gasteiger partial charge in [-0.2, -0.15) is 0 Å². The van der Waals surface area contributed by atoms with Crippen LogP contribution in [0.15, 0.2) is 34.9 Å². The number of rotatable bonds is 4.